The Morgan fingerprint density at radius 3 is 2.90 bits per heavy atom. The van der Waals surface area contributed by atoms with Gasteiger partial charge in [-0.3, -0.25) is 0 Å². The zero-order chi connectivity index (χ0) is 14.8. The van der Waals surface area contributed by atoms with Crippen molar-refractivity contribution in [1.82, 2.24) is 19.8 Å². The van der Waals surface area contributed by atoms with Gasteiger partial charge in [0.2, 0.25) is 4.96 Å². The highest BCUT2D eigenvalue weighted by atomic mass is 32.1. The zero-order valence-electron chi connectivity index (χ0n) is 12.3. The molecule has 0 saturated carbocycles. The van der Waals surface area contributed by atoms with Crippen LogP contribution < -0.4 is 4.90 Å². The van der Waals surface area contributed by atoms with Gasteiger partial charge in [0, 0.05) is 38.9 Å². The van der Waals surface area contributed by atoms with Gasteiger partial charge in [0.1, 0.15) is 5.01 Å². The first kappa shape index (κ1) is 14.0. The van der Waals surface area contributed by atoms with Crippen LogP contribution in [0.25, 0.3) is 15.5 Å². The number of rotatable bonds is 5. The van der Waals surface area contributed by atoms with Crippen LogP contribution in [0.2, 0.25) is 0 Å². The topological polar surface area (TPSA) is 55.6 Å². The summed E-state index contributed by atoms with van der Waals surface area (Å²) in [6.45, 7) is 0.615. The molecule has 0 unspecified atom stereocenters. The maximum atomic E-state index is 5.09. The fourth-order valence-electron chi connectivity index (χ4n) is 2.04. The monoisotopic (exact) mass is 303 g/mol. The molecule has 0 atom stereocenters. The highest BCUT2D eigenvalue weighted by Gasteiger charge is 2.13. The molecule has 2 aromatic heterocycles. The van der Waals surface area contributed by atoms with E-state index < -0.39 is 0 Å². The van der Waals surface area contributed by atoms with E-state index in [1.165, 1.54) is 0 Å². The Kier molecular flexibility index (Phi) is 3.85. The molecule has 3 rings (SSSR count). The summed E-state index contributed by atoms with van der Waals surface area (Å²) in [6.07, 6.45) is 0.707. The van der Waals surface area contributed by atoms with Gasteiger partial charge in [-0.15, -0.1) is 10.2 Å². The summed E-state index contributed by atoms with van der Waals surface area (Å²) in [7, 11) is 5.73. The van der Waals surface area contributed by atoms with Crippen molar-refractivity contribution >= 4 is 22.0 Å². The van der Waals surface area contributed by atoms with E-state index in [-0.39, 0.29) is 0 Å². The van der Waals surface area contributed by atoms with Gasteiger partial charge in [-0.2, -0.15) is 9.61 Å². The van der Waals surface area contributed by atoms with Crippen molar-refractivity contribution in [3.05, 3.63) is 30.1 Å². The number of fused-ring (bicyclic) bond motifs is 1. The Hall–Kier alpha value is -1.99. The summed E-state index contributed by atoms with van der Waals surface area (Å²) in [5.74, 6) is 0.832. The molecule has 0 aliphatic heterocycles. The van der Waals surface area contributed by atoms with E-state index in [2.05, 4.69) is 38.4 Å². The Bertz CT molecular complexity index is 749. The number of nitrogens with zero attached hydrogens (tertiary/aromatic N) is 5. The molecule has 0 fully saturated rings. The highest BCUT2D eigenvalue weighted by molar-refractivity contribution is 7.19. The van der Waals surface area contributed by atoms with Crippen molar-refractivity contribution in [3.63, 3.8) is 0 Å². The van der Waals surface area contributed by atoms with Gasteiger partial charge in [0.25, 0.3) is 0 Å². The van der Waals surface area contributed by atoms with Crippen molar-refractivity contribution in [2.24, 2.45) is 0 Å². The molecule has 0 N–H and O–H groups in total. The first-order valence-electron chi connectivity index (χ1n) is 6.67. The first-order chi connectivity index (χ1) is 10.2. The van der Waals surface area contributed by atoms with Gasteiger partial charge in [-0.05, 0) is 12.1 Å². The second-order valence-corrected chi connectivity index (χ2v) is 5.86. The van der Waals surface area contributed by atoms with E-state index in [0.29, 0.717) is 13.0 Å². The van der Waals surface area contributed by atoms with Gasteiger partial charge < -0.3 is 9.64 Å². The van der Waals surface area contributed by atoms with Crippen molar-refractivity contribution in [2.45, 2.75) is 6.42 Å². The minimum atomic E-state index is 0.615. The third-order valence-electron chi connectivity index (χ3n) is 3.19. The highest BCUT2D eigenvalue weighted by Crippen LogP contribution is 2.28. The maximum absolute atomic E-state index is 5.09. The summed E-state index contributed by atoms with van der Waals surface area (Å²) in [6, 6.07) is 8.31. The molecule has 0 aliphatic carbocycles. The predicted molar refractivity (Wildman–Crippen MR) is 84.0 cm³/mol. The van der Waals surface area contributed by atoms with Crippen molar-refractivity contribution < 1.29 is 4.74 Å². The lowest BCUT2D eigenvalue weighted by Crippen LogP contribution is -2.08. The molecule has 7 heteroatoms. The average molecular weight is 303 g/mol. The number of ether oxygens (including phenoxy) is 1. The molecule has 0 saturated heterocycles. The minimum Gasteiger partial charge on any atom is -0.384 e. The van der Waals surface area contributed by atoms with E-state index in [9.17, 15) is 0 Å². The number of hydrogen-bond donors (Lipinski definition) is 0. The molecule has 0 aliphatic rings. The van der Waals surface area contributed by atoms with Crippen molar-refractivity contribution in [1.29, 1.82) is 0 Å². The number of benzene rings is 1. The molecular weight excluding hydrogens is 286 g/mol. The second kappa shape index (κ2) is 5.79. The summed E-state index contributed by atoms with van der Waals surface area (Å²) in [4.78, 5) is 2.89. The SMILES string of the molecule is COCCc1nnc2sc(-c3cccc(N(C)C)c3)nn12. The van der Waals surface area contributed by atoms with E-state index in [1.54, 1.807) is 23.0 Å². The fraction of sp³-hybridized carbons (Fsp3) is 0.357. The van der Waals surface area contributed by atoms with Gasteiger partial charge in [0.05, 0.1) is 6.61 Å². The summed E-state index contributed by atoms with van der Waals surface area (Å²) in [5.41, 5.74) is 2.24. The Morgan fingerprint density at radius 1 is 1.29 bits per heavy atom. The normalized spacial score (nSPS) is 11.2. The van der Waals surface area contributed by atoms with Crippen LogP contribution in [0.5, 0.6) is 0 Å². The van der Waals surface area contributed by atoms with Crippen LogP contribution in [0, 0.1) is 0 Å². The molecule has 1 aromatic carbocycles. The molecule has 110 valence electrons. The predicted octanol–water partition coefficient (Wildman–Crippen LogP) is 2.11. The Balaban J connectivity index is 1.97. The quantitative estimate of drug-likeness (QED) is 0.722. The zero-order valence-corrected chi connectivity index (χ0v) is 13.1. The molecule has 21 heavy (non-hydrogen) atoms. The molecule has 6 nitrogen and oxygen atoms in total. The molecule has 0 radical (unpaired) electrons. The van der Waals surface area contributed by atoms with Crippen LogP contribution in [-0.4, -0.2) is 47.6 Å². The lowest BCUT2D eigenvalue weighted by atomic mass is 10.2. The van der Waals surface area contributed by atoms with Gasteiger partial charge in [0.15, 0.2) is 5.82 Å². The van der Waals surface area contributed by atoms with Crippen LogP contribution in [0.3, 0.4) is 0 Å². The van der Waals surface area contributed by atoms with E-state index in [0.717, 1.165) is 27.0 Å². The van der Waals surface area contributed by atoms with Crippen molar-refractivity contribution in [3.8, 4) is 10.6 Å². The third-order valence-corrected chi connectivity index (χ3v) is 4.14. The lowest BCUT2D eigenvalue weighted by Gasteiger charge is -2.12. The largest absolute Gasteiger partial charge is 0.384 e. The van der Waals surface area contributed by atoms with Crippen LogP contribution in [-0.2, 0) is 11.2 Å². The van der Waals surface area contributed by atoms with Crippen molar-refractivity contribution in [2.75, 3.05) is 32.7 Å². The smallest absolute Gasteiger partial charge is 0.234 e. The fourth-order valence-corrected chi connectivity index (χ4v) is 2.90. The maximum Gasteiger partial charge on any atom is 0.234 e. The Morgan fingerprint density at radius 2 is 2.14 bits per heavy atom. The molecule has 0 spiro atoms. The average Bonchev–Trinajstić information content (AvgIpc) is 3.06. The van der Waals surface area contributed by atoms with Crippen LogP contribution in [0.4, 0.5) is 5.69 Å². The summed E-state index contributed by atoms with van der Waals surface area (Å²) < 4.78 is 6.89. The molecule has 3 aromatic rings. The standard InChI is InChI=1S/C14H17N5OS/c1-18(2)11-6-4-5-10(9-11)13-17-19-12(7-8-20-3)15-16-14(19)21-13/h4-6,9H,7-8H2,1-3H3. The van der Waals surface area contributed by atoms with Gasteiger partial charge in [-0.25, -0.2) is 0 Å². The van der Waals surface area contributed by atoms with Gasteiger partial charge >= 0.3 is 0 Å². The molecule has 0 bridgehead atoms. The minimum absolute atomic E-state index is 0.615. The van der Waals surface area contributed by atoms with E-state index in [1.807, 2.05) is 20.2 Å². The van der Waals surface area contributed by atoms with E-state index >= 15 is 0 Å². The van der Waals surface area contributed by atoms with Crippen LogP contribution in [0.1, 0.15) is 5.82 Å². The summed E-state index contributed by atoms with van der Waals surface area (Å²) in [5, 5.41) is 13.9. The molecule has 0 amide bonds. The number of anilines is 1. The molecular formula is C14H17N5OS. The summed E-state index contributed by atoms with van der Waals surface area (Å²) >= 11 is 1.54. The first-order valence-corrected chi connectivity index (χ1v) is 7.48. The van der Waals surface area contributed by atoms with Crippen LogP contribution in [0.15, 0.2) is 24.3 Å². The lowest BCUT2D eigenvalue weighted by molar-refractivity contribution is 0.200. The Labute approximate surface area is 127 Å². The number of hydrogen-bond acceptors (Lipinski definition) is 6. The van der Waals surface area contributed by atoms with Gasteiger partial charge in [-0.1, -0.05) is 23.5 Å². The number of aromatic nitrogens is 4. The third kappa shape index (κ3) is 2.74. The number of methoxy groups -OCH3 is 1. The van der Waals surface area contributed by atoms with Crippen LogP contribution >= 0.6 is 11.3 Å². The second-order valence-electron chi connectivity index (χ2n) is 4.91. The van der Waals surface area contributed by atoms with E-state index in [4.69, 9.17) is 4.74 Å². The molecule has 2 heterocycles.